The lowest BCUT2D eigenvalue weighted by molar-refractivity contribution is -0.0282. The predicted molar refractivity (Wildman–Crippen MR) is 75.9 cm³/mol. The van der Waals surface area contributed by atoms with Crippen molar-refractivity contribution in [3.05, 3.63) is 0 Å². The molecule has 2 fully saturated rings. The molecule has 2 rings (SSSR count). The van der Waals surface area contributed by atoms with Gasteiger partial charge in [-0.2, -0.15) is 0 Å². The van der Waals surface area contributed by atoms with Crippen molar-refractivity contribution in [1.82, 2.24) is 9.80 Å². The molecular weight excluding hydrogens is 224 g/mol. The lowest BCUT2D eigenvalue weighted by atomic mass is 10.0. The van der Waals surface area contributed by atoms with Crippen LogP contribution in [-0.2, 0) is 4.74 Å². The third-order valence-electron chi connectivity index (χ3n) is 4.40. The highest BCUT2D eigenvalue weighted by atomic mass is 16.5. The summed E-state index contributed by atoms with van der Waals surface area (Å²) in [4.78, 5) is 5.34. The molecule has 106 valence electrons. The van der Waals surface area contributed by atoms with Crippen molar-refractivity contribution in [2.45, 2.75) is 52.2 Å². The van der Waals surface area contributed by atoms with Crippen LogP contribution in [0.3, 0.4) is 0 Å². The standard InChI is InChI=1S/C15H30N2O/c1-13(2)4-6-16-7-9-17(10-8-16)15-5-11-18-14(3)12-15/h13-15H,4-12H2,1-3H3. The van der Waals surface area contributed by atoms with Crippen LogP contribution in [0.5, 0.6) is 0 Å². The number of rotatable bonds is 4. The highest BCUT2D eigenvalue weighted by Crippen LogP contribution is 2.20. The lowest BCUT2D eigenvalue weighted by Crippen LogP contribution is -2.52. The maximum Gasteiger partial charge on any atom is 0.0561 e. The number of hydrogen-bond acceptors (Lipinski definition) is 3. The Morgan fingerprint density at radius 3 is 2.50 bits per heavy atom. The smallest absolute Gasteiger partial charge is 0.0561 e. The highest BCUT2D eigenvalue weighted by molar-refractivity contribution is 4.82. The fourth-order valence-corrected chi connectivity index (χ4v) is 3.10. The third kappa shape index (κ3) is 4.22. The number of nitrogens with zero attached hydrogens (tertiary/aromatic N) is 2. The van der Waals surface area contributed by atoms with E-state index in [0.717, 1.165) is 18.6 Å². The van der Waals surface area contributed by atoms with Gasteiger partial charge in [0.2, 0.25) is 0 Å². The molecule has 0 N–H and O–H groups in total. The summed E-state index contributed by atoms with van der Waals surface area (Å²) in [5, 5.41) is 0. The molecule has 0 radical (unpaired) electrons. The largest absolute Gasteiger partial charge is 0.378 e. The van der Waals surface area contributed by atoms with Crippen molar-refractivity contribution in [2.24, 2.45) is 5.92 Å². The van der Waals surface area contributed by atoms with Gasteiger partial charge in [0.05, 0.1) is 6.10 Å². The van der Waals surface area contributed by atoms with Crippen LogP contribution < -0.4 is 0 Å². The van der Waals surface area contributed by atoms with E-state index in [9.17, 15) is 0 Å². The molecule has 2 aliphatic heterocycles. The van der Waals surface area contributed by atoms with E-state index in [1.165, 1.54) is 52.0 Å². The monoisotopic (exact) mass is 254 g/mol. The Bertz CT molecular complexity index is 237. The first kappa shape index (κ1) is 14.3. The quantitative estimate of drug-likeness (QED) is 0.765. The van der Waals surface area contributed by atoms with E-state index in [1.54, 1.807) is 0 Å². The van der Waals surface area contributed by atoms with E-state index in [4.69, 9.17) is 4.74 Å². The number of piperazine rings is 1. The number of ether oxygens (including phenoxy) is 1. The van der Waals surface area contributed by atoms with Crippen molar-refractivity contribution in [1.29, 1.82) is 0 Å². The van der Waals surface area contributed by atoms with Gasteiger partial charge in [0.1, 0.15) is 0 Å². The Labute approximate surface area is 112 Å². The Morgan fingerprint density at radius 1 is 1.17 bits per heavy atom. The summed E-state index contributed by atoms with van der Waals surface area (Å²) >= 11 is 0. The van der Waals surface area contributed by atoms with E-state index >= 15 is 0 Å². The van der Waals surface area contributed by atoms with Crippen LogP contribution >= 0.6 is 0 Å². The zero-order valence-corrected chi connectivity index (χ0v) is 12.4. The average molecular weight is 254 g/mol. The van der Waals surface area contributed by atoms with Gasteiger partial charge in [0.25, 0.3) is 0 Å². The molecule has 0 aliphatic carbocycles. The highest BCUT2D eigenvalue weighted by Gasteiger charge is 2.27. The van der Waals surface area contributed by atoms with Crippen LogP contribution in [0.25, 0.3) is 0 Å². The minimum Gasteiger partial charge on any atom is -0.378 e. The van der Waals surface area contributed by atoms with E-state index in [2.05, 4.69) is 30.6 Å². The fourth-order valence-electron chi connectivity index (χ4n) is 3.10. The van der Waals surface area contributed by atoms with Crippen LogP contribution in [-0.4, -0.2) is 61.3 Å². The molecule has 0 bridgehead atoms. The van der Waals surface area contributed by atoms with E-state index in [-0.39, 0.29) is 0 Å². The molecule has 0 amide bonds. The second-order valence-corrected chi connectivity index (χ2v) is 6.42. The van der Waals surface area contributed by atoms with Gasteiger partial charge >= 0.3 is 0 Å². The zero-order chi connectivity index (χ0) is 13.0. The van der Waals surface area contributed by atoms with E-state index < -0.39 is 0 Å². The first-order chi connectivity index (χ1) is 8.65. The molecule has 0 saturated carbocycles. The molecule has 0 aromatic rings. The fraction of sp³-hybridized carbons (Fsp3) is 1.00. The molecule has 3 nitrogen and oxygen atoms in total. The van der Waals surface area contributed by atoms with Crippen LogP contribution in [0.15, 0.2) is 0 Å². The molecule has 18 heavy (non-hydrogen) atoms. The van der Waals surface area contributed by atoms with E-state index in [0.29, 0.717) is 6.10 Å². The minimum absolute atomic E-state index is 0.461. The maximum absolute atomic E-state index is 5.65. The molecular formula is C15H30N2O. The van der Waals surface area contributed by atoms with Gasteiger partial charge in [0, 0.05) is 38.8 Å². The summed E-state index contributed by atoms with van der Waals surface area (Å²) in [6.45, 7) is 14.1. The van der Waals surface area contributed by atoms with E-state index in [1.807, 2.05) is 0 Å². The first-order valence-corrected chi connectivity index (χ1v) is 7.73. The second kappa shape index (κ2) is 6.88. The lowest BCUT2D eigenvalue weighted by Gasteiger charge is -2.42. The molecule has 2 heterocycles. The Hall–Kier alpha value is -0.120. The third-order valence-corrected chi connectivity index (χ3v) is 4.40. The average Bonchev–Trinajstić information content (AvgIpc) is 2.37. The summed E-state index contributed by atoms with van der Waals surface area (Å²) in [6, 6.07) is 0.779. The normalized spacial score (nSPS) is 32.0. The van der Waals surface area contributed by atoms with Gasteiger partial charge in [-0.25, -0.2) is 0 Å². The molecule has 3 heteroatoms. The molecule has 0 spiro atoms. The van der Waals surface area contributed by atoms with Gasteiger partial charge in [-0.3, -0.25) is 4.90 Å². The molecule has 2 saturated heterocycles. The zero-order valence-electron chi connectivity index (χ0n) is 12.4. The maximum atomic E-state index is 5.65. The topological polar surface area (TPSA) is 15.7 Å². The molecule has 0 aromatic carbocycles. The Balaban J connectivity index is 1.69. The van der Waals surface area contributed by atoms with Crippen LogP contribution in [0, 0.1) is 5.92 Å². The van der Waals surface area contributed by atoms with Gasteiger partial charge < -0.3 is 9.64 Å². The van der Waals surface area contributed by atoms with Gasteiger partial charge in [-0.1, -0.05) is 13.8 Å². The Morgan fingerprint density at radius 2 is 1.89 bits per heavy atom. The molecule has 0 aromatic heterocycles. The summed E-state index contributed by atoms with van der Waals surface area (Å²) in [6.07, 6.45) is 4.26. The molecule has 2 aliphatic rings. The van der Waals surface area contributed by atoms with Gasteiger partial charge in [-0.05, 0) is 38.6 Å². The van der Waals surface area contributed by atoms with Crippen molar-refractivity contribution in [2.75, 3.05) is 39.3 Å². The van der Waals surface area contributed by atoms with Gasteiger partial charge in [0.15, 0.2) is 0 Å². The van der Waals surface area contributed by atoms with Crippen LogP contribution in [0.2, 0.25) is 0 Å². The predicted octanol–water partition coefficient (Wildman–Crippen LogP) is 2.22. The first-order valence-electron chi connectivity index (χ1n) is 7.73. The number of hydrogen-bond donors (Lipinski definition) is 0. The summed E-state index contributed by atoms with van der Waals surface area (Å²) < 4.78 is 5.65. The molecule has 2 atom stereocenters. The summed E-state index contributed by atoms with van der Waals surface area (Å²) in [5.41, 5.74) is 0. The SMILES string of the molecule is CC(C)CCN1CCN(C2CCOC(C)C2)CC1. The molecule has 2 unspecified atom stereocenters. The van der Waals surface area contributed by atoms with Crippen molar-refractivity contribution in [3.8, 4) is 0 Å². The Kier molecular flexibility index (Phi) is 5.46. The summed E-state index contributed by atoms with van der Waals surface area (Å²) in [7, 11) is 0. The van der Waals surface area contributed by atoms with Crippen LogP contribution in [0.4, 0.5) is 0 Å². The van der Waals surface area contributed by atoms with Crippen molar-refractivity contribution >= 4 is 0 Å². The van der Waals surface area contributed by atoms with Crippen molar-refractivity contribution in [3.63, 3.8) is 0 Å². The summed E-state index contributed by atoms with van der Waals surface area (Å²) in [5.74, 6) is 0.833. The second-order valence-electron chi connectivity index (χ2n) is 6.42. The van der Waals surface area contributed by atoms with Crippen molar-refractivity contribution < 1.29 is 4.74 Å². The van der Waals surface area contributed by atoms with Crippen LogP contribution in [0.1, 0.15) is 40.0 Å². The van der Waals surface area contributed by atoms with Gasteiger partial charge in [-0.15, -0.1) is 0 Å². The minimum atomic E-state index is 0.461.